The third-order valence-electron chi connectivity index (χ3n) is 4.91. The lowest BCUT2D eigenvalue weighted by Crippen LogP contribution is -2.40. The first-order chi connectivity index (χ1) is 9.70. The predicted octanol–water partition coefficient (Wildman–Crippen LogP) is 2.76. The molecule has 0 radical (unpaired) electrons. The normalized spacial score (nSPS) is 20.7. The fourth-order valence-electron chi connectivity index (χ4n) is 2.62. The van der Waals surface area contributed by atoms with Crippen LogP contribution in [-0.2, 0) is 6.54 Å². The Morgan fingerprint density at radius 2 is 1.86 bits per heavy atom. The summed E-state index contributed by atoms with van der Waals surface area (Å²) in [6, 6.07) is 0.442. The molecule has 5 nitrogen and oxygen atoms in total. The monoisotopic (exact) mass is 309 g/mol. The van der Waals surface area contributed by atoms with Crippen molar-refractivity contribution in [2.24, 2.45) is 15.8 Å². The van der Waals surface area contributed by atoms with Gasteiger partial charge in [0, 0.05) is 19.0 Å². The van der Waals surface area contributed by atoms with E-state index in [4.69, 9.17) is 0 Å². The molecule has 21 heavy (non-hydrogen) atoms. The van der Waals surface area contributed by atoms with E-state index < -0.39 is 0 Å². The van der Waals surface area contributed by atoms with Crippen LogP contribution in [0.3, 0.4) is 0 Å². The molecule has 1 fully saturated rings. The van der Waals surface area contributed by atoms with E-state index in [0.717, 1.165) is 16.0 Å². The fourth-order valence-corrected chi connectivity index (χ4v) is 3.40. The van der Waals surface area contributed by atoms with Crippen LogP contribution >= 0.6 is 11.3 Å². The molecule has 118 valence electrons. The minimum absolute atomic E-state index is 0.290. The van der Waals surface area contributed by atoms with Gasteiger partial charge in [-0.2, -0.15) is 0 Å². The van der Waals surface area contributed by atoms with Crippen LogP contribution in [0.25, 0.3) is 0 Å². The zero-order chi connectivity index (χ0) is 15.8. The summed E-state index contributed by atoms with van der Waals surface area (Å²) < 4.78 is 0. The van der Waals surface area contributed by atoms with Crippen molar-refractivity contribution in [1.29, 1.82) is 0 Å². The van der Waals surface area contributed by atoms with Gasteiger partial charge in [0.05, 0.1) is 6.54 Å². The van der Waals surface area contributed by atoms with Gasteiger partial charge in [0.15, 0.2) is 5.96 Å². The van der Waals surface area contributed by atoms with E-state index in [9.17, 15) is 0 Å². The topological polar surface area (TPSA) is 62.2 Å². The second-order valence-corrected chi connectivity index (χ2v) is 8.23. The number of hydrogen-bond acceptors (Lipinski definition) is 4. The van der Waals surface area contributed by atoms with E-state index in [1.807, 2.05) is 0 Å². The van der Waals surface area contributed by atoms with Gasteiger partial charge in [-0.25, -0.2) is 0 Å². The smallest absolute Gasteiger partial charge is 0.191 e. The molecule has 0 amide bonds. The Bertz CT molecular complexity index is 516. The van der Waals surface area contributed by atoms with Crippen molar-refractivity contribution in [2.75, 3.05) is 7.05 Å². The molecule has 6 heteroatoms. The Labute approximate surface area is 131 Å². The molecule has 1 saturated carbocycles. The molecule has 2 N–H and O–H groups in total. The van der Waals surface area contributed by atoms with Crippen molar-refractivity contribution < 1.29 is 0 Å². The van der Waals surface area contributed by atoms with Crippen LogP contribution < -0.4 is 10.6 Å². The maximum absolute atomic E-state index is 4.31. The SMILES string of the molecule is CN=C(NCc1nnc(C(C)C)s1)NC1C(C)(C)C1(C)C. The average molecular weight is 309 g/mol. The average Bonchev–Trinajstić information content (AvgIpc) is 2.78. The summed E-state index contributed by atoms with van der Waals surface area (Å²) in [4.78, 5) is 4.31. The van der Waals surface area contributed by atoms with Gasteiger partial charge in [-0.15, -0.1) is 10.2 Å². The minimum Gasteiger partial charge on any atom is -0.353 e. The first kappa shape index (κ1) is 16.2. The van der Waals surface area contributed by atoms with E-state index in [0.29, 0.717) is 18.5 Å². The number of aliphatic imine (C=N–C) groups is 1. The lowest BCUT2D eigenvalue weighted by Gasteiger charge is -2.12. The molecule has 0 atom stereocenters. The third kappa shape index (κ3) is 3.05. The quantitative estimate of drug-likeness (QED) is 0.663. The third-order valence-corrected chi connectivity index (χ3v) is 6.13. The van der Waals surface area contributed by atoms with Crippen molar-refractivity contribution in [1.82, 2.24) is 20.8 Å². The summed E-state index contributed by atoms with van der Waals surface area (Å²) in [6.07, 6.45) is 0. The molecule has 1 aliphatic rings. The van der Waals surface area contributed by atoms with Crippen LogP contribution in [0.4, 0.5) is 0 Å². The van der Waals surface area contributed by atoms with Crippen molar-refractivity contribution in [3.05, 3.63) is 10.0 Å². The highest BCUT2D eigenvalue weighted by molar-refractivity contribution is 7.11. The molecule has 0 saturated heterocycles. The zero-order valence-electron chi connectivity index (χ0n) is 14.1. The molecule has 1 aliphatic carbocycles. The summed E-state index contributed by atoms with van der Waals surface area (Å²) in [6.45, 7) is 14.1. The van der Waals surface area contributed by atoms with E-state index in [1.54, 1.807) is 18.4 Å². The largest absolute Gasteiger partial charge is 0.353 e. The van der Waals surface area contributed by atoms with Crippen LogP contribution in [0.15, 0.2) is 4.99 Å². The highest BCUT2D eigenvalue weighted by Gasteiger charge is 2.65. The van der Waals surface area contributed by atoms with Gasteiger partial charge >= 0.3 is 0 Å². The molecular formula is C15H27N5S. The Hall–Kier alpha value is -1.17. The van der Waals surface area contributed by atoms with Gasteiger partial charge in [-0.3, -0.25) is 4.99 Å². The van der Waals surface area contributed by atoms with Gasteiger partial charge in [0.25, 0.3) is 0 Å². The number of rotatable bonds is 4. The highest BCUT2D eigenvalue weighted by atomic mass is 32.1. The standard InChI is InChI=1S/C15H27N5S/c1-9(2)11-20-19-10(21-11)8-17-13(16-7)18-12-14(3,4)15(12,5)6/h9,12H,8H2,1-7H3,(H2,16,17,18). The van der Waals surface area contributed by atoms with Crippen LogP contribution in [-0.4, -0.2) is 29.2 Å². The number of nitrogens with zero attached hydrogens (tertiary/aromatic N) is 3. The van der Waals surface area contributed by atoms with E-state index in [1.165, 1.54) is 0 Å². The molecule has 1 aromatic heterocycles. The maximum Gasteiger partial charge on any atom is 0.191 e. The van der Waals surface area contributed by atoms with Crippen LogP contribution in [0.1, 0.15) is 57.5 Å². The van der Waals surface area contributed by atoms with Gasteiger partial charge in [0.2, 0.25) is 0 Å². The summed E-state index contributed by atoms with van der Waals surface area (Å²) in [5, 5.41) is 17.4. The fraction of sp³-hybridized carbons (Fsp3) is 0.800. The van der Waals surface area contributed by atoms with Crippen molar-refractivity contribution in [3.63, 3.8) is 0 Å². The van der Waals surface area contributed by atoms with Crippen molar-refractivity contribution >= 4 is 17.3 Å². The van der Waals surface area contributed by atoms with Gasteiger partial charge in [-0.1, -0.05) is 52.9 Å². The van der Waals surface area contributed by atoms with E-state index in [-0.39, 0.29) is 10.8 Å². The van der Waals surface area contributed by atoms with Crippen LogP contribution in [0.2, 0.25) is 0 Å². The number of nitrogens with one attached hydrogen (secondary N) is 2. The second-order valence-electron chi connectivity index (χ2n) is 7.14. The minimum atomic E-state index is 0.290. The molecule has 1 aromatic rings. The Morgan fingerprint density at radius 1 is 1.24 bits per heavy atom. The molecule has 0 aromatic carbocycles. The van der Waals surface area contributed by atoms with E-state index in [2.05, 4.69) is 67.4 Å². The summed E-state index contributed by atoms with van der Waals surface area (Å²) in [7, 11) is 1.80. The van der Waals surface area contributed by atoms with Gasteiger partial charge in [0.1, 0.15) is 10.0 Å². The summed E-state index contributed by atoms with van der Waals surface area (Å²) >= 11 is 1.66. The number of hydrogen-bond donors (Lipinski definition) is 2. The molecule has 2 rings (SSSR count). The molecule has 0 bridgehead atoms. The maximum atomic E-state index is 4.31. The number of guanidine groups is 1. The second kappa shape index (κ2) is 5.55. The highest BCUT2D eigenvalue weighted by Crippen LogP contribution is 2.62. The van der Waals surface area contributed by atoms with Gasteiger partial charge in [-0.05, 0) is 10.8 Å². The lowest BCUT2D eigenvalue weighted by atomic mass is 10.0. The Balaban J connectivity index is 1.89. The number of aromatic nitrogens is 2. The molecule has 0 unspecified atom stereocenters. The molecular weight excluding hydrogens is 282 g/mol. The first-order valence-corrected chi connectivity index (χ1v) is 8.31. The van der Waals surface area contributed by atoms with Crippen molar-refractivity contribution in [3.8, 4) is 0 Å². The first-order valence-electron chi connectivity index (χ1n) is 7.49. The summed E-state index contributed by atoms with van der Waals surface area (Å²) in [5.74, 6) is 1.27. The van der Waals surface area contributed by atoms with Crippen LogP contribution in [0, 0.1) is 10.8 Å². The summed E-state index contributed by atoms with van der Waals surface area (Å²) in [5.41, 5.74) is 0.580. The Morgan fingerprint density at radius 3 is 2.29 bits per heavy atom. The van der Waals surface area contributed by atoms with Gasteiger partial charge < -0.3 is 10.6 Å². The lowest BCUT2D eigenvalue weighted by molar-refractivity contribution is 0.457. The Kier molecular flexibility index (Phi) is 4.29. The molecule has 1 heterocycles. The van der Waals surface area contributed by atoms with Crippen molar-refractivity contribution in [2.45, 2.75) is 60.0 Å². The predicted molar refractivity (Wildman–Crippen MR) is 88.7 cm³/mol. The molecule has 0 aliphatic heterocycles. The molecule has 0 spiro atoms. The van der Waals surface area contributed by atoms with Crippen LogP contribution in [0.5, 0.6) is 0 Å². The van der Waals surface area contributed by atoms with E-state index >= 15 is 0 Å². The zero-order valence-corrected chi connectivity index (χ0v) is 14.9.